The van der Waals surface area contributed by atoms with Crippen LogP contribution in [0, 0.1) is 13.8 Å². The lowest BCUT2D eigenvalue weighted by molar-refractivity contribution is 0.0599. The average Bonchev–Trinajstić information content (AvgIpc) is 2.89. The number of rotatable bonds is 3. The number of carbonyl (C=O) groups excluding carboxylic acids is 2. The molecule has 1 aromatic carbocycles. The Bertz CT molecular complexity index is 939. The van der Waals surface area contributed by atoms with Gasteiger partial charge in [0, 0.05) is 17.3 Å². The van der Waals surface area contributed by atoms with Gasteiger partial charge in [0.25, 0.3) is 5.91 Å². The van der Waals surface area contributed by atoms with Crippen LogP contribution in [-0.2, 0) is 4.74 Å². The molecule has 6 nitrogen and oxygen atoms in total. The van der Waals surface area contributed by atoms with Gasteiger partial charge in [-0.3, -0.25) is 9.78 Å². The molecule has 122 valence electrons. The van der Waals surface area contributed by atoms with Crippen LogP contribution in [0.25, 0.3) is 10.9 Å². The highest BCUT2D eigenvalue weighted by Crippen LogP contribution is 2.24. The normalized spacial score (nSPS) is 10.6. The first-order valence-electron chi connectivity index (χ1n) is 7.45. The largest absolute Gasteiger partial charge is 0.465 e. The number of hydrogen-bond donors (Lipinski definition) is 2. The van der Waals surface area contributed by atoms with Gasteiger partial charge >= 0.3 is 5.97 Å². The predicted molar refractivity (Wildman–Crippen MR) is 91.3 cm³/mol. The molecule has 2 aromatic heterocycles. The zero-order chi connectivity index (χ0) is 17.3. The maximum Gasteiger partial charge on any atom is 0.339 e. The zero-order valence-electron chi connectivity index (χ0n) is 13.6. The lowest BCUT2D eigenvalue weighted by atomic mass is 10.1. The van der Waals surface area contributed by atoms with Crippen LogP contribution in [0.2, 0.25) is 0 Å². The first kappa shape index (κ1) is 15.7. The Morgan fingerprint density at radius 3 is 2.71 bits per heavy atom. The Kier molecular flexibility index (Phi) is 4.04. The Labute approximate surface area is 138 Å². The minimum atomic E-state index is -0.463. The van der Waals surface area contributed by atoms with Crippen molar-refractivity contribution >= 4 is 28.5 Å². The minimum Gasteiger partial charge on any atom is -0.465 e. The number of ether oxygens (including phenoxy) is 1. The van der Waals surface area contributed by atoms with Crippen LogP contribution in [-0.4, -0.2) is 29.0 Å². The summed E-state index contributed by atoms with van der Waals surface area (Å²) in [5, 5.41) is 3.73. The second kappa shape index (κ2) is 6.16. The SMILES string of the molecule is COC(=O)c1c(C)[nH]c(C(=O)Nc2cccc3ncccc23)c1C. The second-order valence-corrected chi connectivity index (χ2v) is 5.45. The molecule has 0 saturated carbocycles. The van der Waals surface area contributed by atoms with Gasteiger partial charge in [0.1, 0.15) is 5.69 Å². The van der Waals surface area contributed by atoms with E-state index in [1.165, 1.54) is 7.11 Å². The Morgan fingerprint density at radius 2 is 1.96 bits per heavy atom. The standard InChI is InChI=1S/C18H17N3O3/c1-10-15(18(23)24-3)11(2)20-16(10)17(22)21-14-8-4-7-13-12(14)6-5-9-19-13/h4-9,20H,1-3H3,(H,21,22). The first-order valence-corrected chi connectivity index (χ1v) is 7.45. The van der Waals surface area contributed by atoms with Crippen molar-refractivity contribution in [3.8, 4) is 0 Å². The van der Waals surface area contributed by atoms with Gasteiger partial charge in [-0.2, -0.15) is 0 Å². The van der Waals surface area contributed by atoms with Gasteiger partial charge in [-0.15, -0.1) is 0 Å². The van der Waals surface area contributed by atoms with Gasteiger partial charge in [0.05, 0.1) is 23.9 Å². The molecule has 0 aliphatic heterocycles. The maximum absolute atomic E-state index is 12.6. The number of aromatic nitrogens is 2. The summed E-state index contributed by atoms with van der Waals surface area (Å²) in [5.74, 6) is -0.781. The molecule has 24 heavy (non-hydrogen) atoms. The number of H-pyrrole nitrogens is 1. The summed E-state index contributed by atoms with van der Waals surface area (Å²) >= 11 is 0. The number of nitrogens with one attached hydrogen (secondary N) is 2. The van der Waals surface area contributed by atoms with Crippen molar-refractivity contribution in [3.63, 3.8) is 0 Å². The summed E-state index contributed by atoms with van der Waals surface area (Å²) in [6.07, 6.45) is 1.70. The fourth-order valence-electron chi connectivity index (χ4n) is 2.78. The molecule has 0 spiro atoms. The van der Waals surface area contributed by atoms with Gasteiger partial charge in [-0.05, 0) is 43.7 Å². The highest BCUT2D eigenvalue weighted by Gasteiger charge is 2.22. The lowest BCUT2D eigenvalue weighted by Crippen LogP contribution is -2.14. The predicted octanol–water partition coefficient (Wildman–Crippen LogP) is 3.22. The number of nitrogens with zero attached hydrogens (tertiary/aromatic N) is 1. The number of pyridine rings is 1. The third kappa shape index (κ3) is 2.62. The molecular weight excluding hydrogens is 306 g/mol. The fourth-order valence-corrected chi connectivity index (χ4v) is 2.78. The monoisotopic (exact) mass is 323 g/mol. The van der Waals surface area contributed by atoms with E-state index < -0.39 is 5.97 Å². The van der Waals surface area contributed by atoms with Gasteiger partial charge in [0.15, 0.2) is 0 Å². The minimum absolute atomic E-state index is 0.317. The zero-order valence-corrected chi connectivity index (χ0v) is 13.6. The maximum atomic E-state index is 12.6. The van der Waals surface area contributed by atoms with Crippen LogP contribution in [0.4, 0.5) is 5.69 Å². The van der Waals surface area contributed by atoms with Crippen LogP contribution in [0.3, 0.4) is 0 Å². The van der Waals surface area contributed by atoms with Gasteiger partial charge < -0.3 is 15.0 Å². The van der Waals surface area contributed by atoms with Crippen LogP contribution < -0.4 is 5.32 Å². The van der Waals surface area contributed by atoms with E-state index in [1.807, 2.05) is 30.3 Å². The molecule has 2 heterocycles. The number of carbonyl (C=O) groups is 2. The van der Waals surface area contributed by atoms with Crippen molar-refractivity contribution in [2.45, 2.75) is 13.8 Å². The molecule has 0 aliphatic rings. The Morgan fingerprint density at radius 1 is 1.17 bits per heavy atom. The Balaban J connectivity index is 1.97. The summed E-state index contributed by atoms with van der Waals surface area (Å²) in [6, 6.07) is 9.23. The molecular formula is C18H17N3O3. The highest BCUT2D eigenvalue weighted by molar-refractivity contribution is 6.10. The summed E-state index contributed by atoms with van der Waals surface area (Å²) in [7, 11) is 1.32. The molecule has 0 fully saturated rings. The molecule has 0 saturated heterocycles. The number of benzene rings is 1. The second-order valence-electron chi connectivity index (χ2n) is 5.45. The third-order valence-corrected chi connectivity index (χ3v) is 3.95. The van der Waals surface area contributed by atoms with E-state index in [2.05, 4.69) is 15.3 Å². The van der Waals surface area contributed by atoms with Crippen LogP contribution in [0.1, 0.15) is 32.1 Å². The van der Waals surface area contributed by atoms with E-state index in [1.54, 1.807) is 20.0 Å². The number of esters is 1. The molecule has 0 bridgehead atoms. The summed E-state index contributed by atoms with van der Waals surface area (Å²) in [6.45, 7) is 3.45. The smallest absolute Gasteiger partial charge is 0.339 e. The van der Waals surface area contributed by atoms with Crippen molar-refractivity contribution in [1.82, 2.24) is 9.97 Å². The van der Waals surface area contributed by atoms with E-state index in [4.69, 9.17) is 4.74 Å². The molecule has 6 heteroatoms. The highest BCUT2D eigenvalue weighted by atomic mass is 16.5. The van der Waals surface area contributed by atoms with Crippen LogP contribution in [0.15, 0.2) is 36.5 Å². The van der Waals surface area contributed by atoms with Gasteiger partial charge in [-0.1, -0.05) is 6.07 Å². The van der Waals surface area contributed by atoms with Gasteiger partial charge in [-0.25, -0.2) is 4.79 Å². The molecule has 1 amide bonds. The quantitative estimate of drug-likeness (QED) is 0.725. The average molecular weight is 323 g/mol. The molecule has 3 rings (SSSR count). The number of amides is 1. The van der Waals surface area contributed by atoms with Crippen molar-refractivity contribution < 1.29 is 14.3 Å². The van der Waals surface area contributed by atoms with E-state index in [0.717, 1.165) is 10.9 Å². The molecule has 2 N–H and O–H groups in total. The topological polar surface area (TPSA) is 84.1 Å². The van der Waals surface area contributed by atoms with Crippen LogP contribution in [0.5, 0.6) is 0 Å². The summed E-state index contributed by atoms with van der Waals surface area (Å²) in [5.41, 5.74) is 3.36. The third-order valence-electron chi connectivity index (χ3n) is 3.95. The lowest BCUT2D eigenvalue weighted by Gasteiger charge is -2.08. The van der Waals surface area contributed by atoms with E-state index >= 15 is 0 Å². The number of fused-ring (bicyclic) bond motifs is 1. The fraction of sp³-hybridized carbons (Fsp3) is 0.167. The van der Waals surface area contributed by atoms with Crippen molar-refractivity contribution in [2.75, 3.05) is 12.4 Å². The number of aryl methyl sites for hydroxylation is 1. The number of anilines is 1. The van der Waals surface area contributed by atoms with Gasteiger partial charge in [0.2, 0.25) is 0 Å². The summed E-state index contributed by atoms with van der Waals surface area (Å²) < 4.78 is 4.77. The van der Waals surface area contributed by atoms with E-state index in [0.29, 0.717) is 28.2 Å². The first-order chi connectivity index (χ1) is 11.5. The van der Waals surface area contributed by atoms with E-state index in [9.17, 15) is 9.59 Å². The van der Waals surface area contributed by atoms with Crippen molar-refractivity contribution in [1.29, 1.82) is 0 Å². The molecule has 0 atom stereocenters. The van der Waals surface area contributed by atoms with Crippen LogP contribution >= 0.6 is 0 Å². The van der Waals surface area contributed by atoms with E-state index in [-0.39, 0.29) is 5.91 Å². The Hall–Kier alpha value is -3.15. The number of hydrogen-bond acceptors (Lipinski definition) is 4. The number of methoxy groups -OCH3 is 1. The molecule has 0 radical (unpaired) electrons. The number of aromatic amines is 1. The molecule has 0 aliphatic carbocycles. The van der Waals surface area contributed by atoms with Crippen molar-refractivity contribution in [3.05, 3.63) is 59.0 Å². The molecule has 3 aromatic rings. The molecule has 0 unspecified atom stereocenters. The summed E-state index contributed by atoms with van der Waals surface area (Å²) in [4.78, 5) is 31.7. The van der Waals surface area contributed by atoms with Crippen molar-refractivity contribution in [2.24, 2.45) is 0 Å².